The predicted molar refractivity (Wildman–Crippen MR) is 54.7 cm³/mol. The van der Waals surface area contributed by atoms with Crippen LogP contribution in [-0.2, 0) is 6.54 Å². The van der Waals surface area contributed by atoms with E-state index < -0.39 is 0 Å². The highest BCUT2D eigenvalue weighted by molar-refractivity contribution is 5.84. The SMILES string of the molecule is Cc1cc2c3c(c1)nc(C)n3CCO2. The normalized spacial score (nSPS) is 14.4. The fourth-order valence-corrected chi connectivity index (χ4v) is 2.11. The molecule has 0 saturated heterocycles. The first-order valence-corrected chi connectivity index (χ1v) is 4.86. The number of aromatic nitrogens is 2. The molecular formula is C11H12N2O. The Morgan fingerprint density at radius 2 is 2.21 bits per heavy atom. The Hall–Kier alpha value is -1.51. The molecule has 1 aliphatic heterocycles. The average molecular weight is 188 g/mol. The standard InChI is InChI=1S/C11H12N2O/c1-7-5-9-11-10(6-7)14-4-3-13(11)8(2)12-9/h5-6H,3-4H2,1-2H3. The van der Waals surface area contributed by atoms with Gasteiger partial charge in [0.25, 0.3) is 0 Å². The second-order valence-electron chi connectivity index (χ2n) is 3.79. The van der Waals surface area contributed by atoms with Crippen LogP contribution in [0.4, 0.5) is 0 Å². The van der Waals surface area contributed by atoms with Gasteiger partial charge in [-0.2, -0.15) is 0 Å². The van der Waals surface area contributed by atoms with Crippen LogP contribution in [0, 0.1) is 13.8 Å². The van der Waals surface area contributed by atoms with E-state index in [1.54, 1.807) is 0 Å². The Morgan fingerprint density at radius 3 is 3.07 bits per heavy atom. The van der Waals surface area contributed by atoms with E-state index in [0.717, 1.165) is 35.8 Å². The highest BCUT2D eigenvalue weighted by Crippen LogP contribution is 2.30. The van der Waals surface area contributed by atoms with Gasteiger partial charge in [-0.05, 0) is 31.5 Å². The Balaban J connectivity index is 2.48. The van der Waals surface area contributed by atoms with Gasteiger partial charge in [0, 0.05) is 0 Å². The van der Waals surface area contributed by atoms with Crippen molar-refractivity contribution in [1.82, 2.24) is 9.55 Å². The second-order valence-corrected chi connectivity index (χ2v) is 3.79. The van der Waals surface area contributed by atoms with E-state index in [4.69, 9.17) is 4.74 Å². The van der Waals surface area contributed by atoms with Crippen LogP contribution >= 0.6 is 0 Å². The molecule has 0 atom stereocenters. The van der Waals surface area contributed by atoms with Crippen LogP contribution in [0.1, 0.15) is 11.4 Å². The lowest BCUT2D eigenvalue weighted by Crippen LogP contribution is -2.14. The maximum absolute atomic E-state index is 5.63. The van der Waals surface area contributed by atoms with E-state index in [1.807, 2.05) is 6.92 Å². The van der Waals surface area contributed by atoms with E-state index >= 15 is 0 Å². The monoisotopic (exact) mass is 188 g/mol. The number of nitrogens with zero attached hydrogens (tertiary/aromatic N) is 2. The molecule has 14 heavy (non-hydrogen) atoms. The zero-order chi connectivity index (χ0) is 9.71. The lowest BCUT2D eigenvalue weighted by Gasteiger charge is -2.17. The molecule has 1 aliphatic rings. The number of rotatable bonds is 0. The van der Waals surface area contributed by atoms with Crippen LogP contribution in [0.2, 0.25) is 0 Å². The number of ether oxygens (including phenoxy) is 1. The van der Waals surface area contributed by atoms with E-state index in [9.17, 15) is 0 Å². The third kappa shape index (κ3) is 0.895. The van der Waals surface area contributed by atoms with Crippen molar-refractivity contribution in [2.45, 2.75) is 20.4 Å². The van der Waals surface area contributed by atoms with Crippen LogP contribution in [0.15, 0.2) is 12.1 Å². The van der Waals surface area contributed by atoms with E-state index in [-0.39, 0.29) is 0 Å². The molecule has 2 aromatic rings. The Labute approximate surface area is 82.3 Å². The average Bonchev–Trinajstić information content (AvgIpc) is 2.45. The van der Waals surface area contributed by atoms with Crippen molar-refractivity contribution in [3.63, 3.8) is 0 Å². The van der Waals surface area contributed by atoms with E-state index in [2.05, 4.69) is 28.6 Å². The fraction of sp³-hybridized carbons (Fsp3) is 0.364. The van der Waals surface area contributed by atoms with Crippen molar-refractivity contribution in [1.29, 1.82) is 0 Å². The van der Waals surface area contributed by atoms with Crippen molar-refractivity contribution in [3.05, 3.63) is 23.5 Å². The van der Waals surface area contributed by atoms with Crippen molar-refractivity contribution < 1.29 is 4.74 Å². The summed E-state index contributed by atoms with van der Waals surface area (Å²) < 4.78 is 7.86. The summed E-state index contributed by atoms with van der Waals surface area (Å²) in [6, 6.07) is 4.19. The molecule has 0 fully saturated rings. The van der Waals surface area contributed by atoms with Gasteiger partial charge in [-0.25, -0.2) is 4.98 Å². The first-order chi connectivity index (χ1) is 6.75. The third-order valence-electron chi connectivity index (χ3n) is 2.71. The Morgan fingerprint density at radius 1 is 1.36 bits per heavy atom. The maximum atomic E-state index is 5.63. The molecule has 0 N–H and O–H groups in total. The molecule has 2 heterocycles. The fourth-order valence-electron chi connectivity index (χ4n) is 2.11. The third-order valence-corrected chi connectivity index (χ3v) is 2.71. The van der Waals surface area contributed by atoms with Gasteiger partial charge in [-0.3, -0.25) is 0 Å². The molecule has 3 heteroatoms. The minimum Gasteiger partial charge on any atom is -0.489 e. The number of hydrogen-bond acceptors (Lipinski definition) is 2. The summed E-state index contributed by atoms with van der Waals surface area (Å²) in [6.45, 7) is 5.79. The Kier molecular flexibility index (Phi) is 1.40. The van der Waals surface area contributed by atoms with Crippen LogP contribution in [-0.4, -0.2) is 16.2 Å². The number of benzene rings is 1. The lowest BCUT2D eigenvalue weighted by molar-refractivity contribution is 0.285. The number of aryl methyl sites for hydroxylation is 2. The molecule has 1 aromatic heterocycles. The molecule has 0 unspecified atom stereocenters. The van der Waals surface area contributed by atoms with Crippen molar-refractivity contribution in [3.8, 4) is 5.75 Å². The quantitative estimate of drug-likeness (QED) is 0.632. The van der Waals surface area contributed by atoms with Gasteiger partial charge >= 0.3 is 0 Å². The van der Waals surface area contributed by atoms with Gasteiger partial charge in [0.05, 0.1) is 12.1 Å². The smallest absolute Gasteiger partial charge is 0.145 e. The molecule has 3 nitrogen and oxygen atoms in total. The molecule has 1 aromatic carbocycles. The van der Waals surface area contributed by atoms with Crippen LogP contribution in [0.25, 0.3) is 11.0 Å². The largest absolute Gasteiger partial charge is 0.489 e. The van der Waals surface area contributed by atoms with Crippen molar-refractivity contribution in [2.24, 2.45) is 0 Å². The highest BCUT2D eigenvalue weighted by atomic mass is 16.5. The van der Waals surface area contributed by atoms with E-state index in [1.165, 1.54) is 5.56 Å². The zero-order valence-electron chi connectivity index (χ0n) is 8.37. The Bertz CT molecular complexity index is 513. The molecular weight excluding hydrogens is 176 g/mol. The first-order valence-electron chi connectivity index (χ1n) is 4.86. The number of hydrogen-bond donors (Lipinski definition) is 0. The molecule has 0 radical (unpaired) electrons. The van der Waals surface area contributed by atoms with Crippen LogP contribution in [0.3, 0.4) is 0 Å². The zero-order valence-corrected chi connectivity index (χ0v) is 8.37. The van der Waals surface area contributed by atoms with Crippen molar-refractivity contribution >= 4 is 11.0 Å². The lowest BCUT2D eigenvalue weighted by atomic mass is 10.2. The molecule has 72 valence electrons. The molecule has 0 spiro atoms. The molecule has 0 bridgehead atoms. The van der Waals surface area contributed by atoms with Gasteiger partial charge in [0.2, 0.25) is 0 Å². The summed E-state index contributed by atoms with van der Waals surface area (Å²) in [6.07, 6.45) is 0. The van der Waals surface area contributed by atoms with Gasteiger partial charge < -0.3 is 9.30 Å². The minimum absolute atomic E-state index is 0.753. The van der Waals surface area contributed by atoms with E-state index in [0.29, 0.717) is 0 Å². The summed E-state index contributed by atoms with van der Waals surface area (Å²) in [4.78, 5) is 4.53. The first kappa shape index (κ1) is 7.85. The number of imidazole rings is 1. The van der Waals surface area contributed by atoms with Gasteiger partial charge in [-0.15, -0.1) is 0 Å². The summed E-state index contributed by atoms with van der Waals surface area (Å²) in [5.74, 6) is 2.06. The summed E-state index contributed by atoms with van der Waals surface area (Å²) in [5.41, 5.74) is 3.41. The topological polar surface area (TPSA) is 27.1 Å². The molecule has 0 saturated carbocycles. The maximum Gasteiger partial charge on any atom is 0.145 e. The molecule has 3 rings (SSSR count). The molecule has 0 amide bonds. The van der Waals surface area contributed by atoms with Gasteiger partial charge in [-0.1, -0.05) is 0 Å². The summed E-state index contributed by atoms with van der Waals surface area (Å²) in [5, 5.41) is 0. The second kappa shape index (κ2) is 2.50. The highest BCUT2D eigenvalue weighted by Gasteiger charge is 2.17. The summed E-state index contributed by atoms with van der Waals surface area (Å²) in [7, 11) is 0. The van der Waals surface area contributed by atoms with Gasteiger partial charge in [0.15, 0.2) is 0 Å². The van der Waals surface area contributed by atoms with Crippen molar-refractivity contribution in [2.75, 3.05) is 6.61 Å². The molecule has 0 aliphatic carbocycles. The van der Waals surface area contributed by atoms with Crippen LogP contribution < -0.4 is 4.74 Å². The van der Waals surface area contributed by atoms with Gasteiger partial charge in [0.1, 0.15) is 23.7 Å². The summed E-state index contributed by atoms with van der Waals surface area (Å²) >= 11 is 0. The van der Waals surface area contributed by atoms with Crippen LogP contribution in [0.5, 0.6) is 5.75 Å². The predicted octanol–water partition coefficient (Wildman–Crippen LogP) is 2.05. The minimum atomic E-state index is 0.753.